The second kappa shape index (κ2) is 18.2. The van der Waals surface area contributed by atoms with Crippen LogP contribution in [0.15, 0.2) is 41.3 Å². The lowest BCUT2D eigenvalue weighted by atomic mass is 10.0. The number of rotatable bonds is 19. The molecule has 0 aliphatic carbocycles. The Hall–Kier alpha value is -1.30. The molecular weight excluding hydrogens is 420 g/mol. The zero-order chi connectivity index (χ0) is 23.6. The van der Waals surface area contributed by atoms with Gasteiger partial charge in [-0.25, -0.2) is 4.79 Å². The number of hydrogen-bond acceptors (Lipinski definition) is 3. The van der Waals surface area contributed by atoms with Crippen molar-refractivity contribution >= 4 is 17.1 Å². The summed E-state index contributed by atoms with van der Waals surface area (Å²) >= 11 is -1.76. The van der Waals surface area contributed by atoms with Gasteiger partial charge in [-0.3, -0.25) is 0 Å². The number of benzene rings is 1. The lowest BCUT2D eigenvalue weighted by molar-refractivity contribution is -0.138. The van der Waals surface area contributed by atoms with Crippen molar-refractivity contribution < 1.29 is 19.6 Å². The van der Waals surface area contributed by atoms with Crippen molar-refractivity contribution in [1.82, 2.24) is 0 Å². The molecule has 1 aromatic rings. The van der Waals surface area contributed by atoms with Crippen LogP contribution in [0.4, 0.5) is 0 Å². The average Bonchev–Trinajstić information content (AvgIpc) is 2.76. The molecule has 0 radical (unpaired) electrons. The van der Waals surface area contributed by atoms with Gasteiger partial charge in [-0.15, -0.1) is 0 Å². The number of aliphatic carboxylic acids is 1. The number of allylic oxidation sites excluding steroid dienone is 2. The molecule has 0 aliphatic rings. The summed E-state index contributed by atoms with van der Waals surface area (Å²) in [6.07, 6.45) is 19.4. The maximum absolute atomic E-state index is 12.7. The van der Waals surface area contributed by atoms with Gasteiger partial charge >= 0.3 is 5.97 Å². The van der Waals surface area contributed by atoms with Crippen LogP contribution in [-0.4, -0.2) is 32.1 Å². The van der Waals surface area contributed by atoms with Crippen LogP contribution in [0.2, 0.25) is 0 Å². The van der Waals surface area contributed by atoms with E-state index < -0.39 is 28.5 Å². The largest absolute Gasteiger partial charge is 0.611 e. The molecule has 5 heteroatoms. The zero-order valence-electron chi connectivity index (χ0n) is 20.1. The molecule has 1 rings (SSSR count). The van der Waals surface area contributed by atoms with E-state index >= 15 is 0 Å². The minimum absolute atomic E-state index is 0.368. The Balaban J connectivity index is 2.13. The predicted octanol–water partition coefficient (Wildman–Crippen LogP) is 6.95. The van der Waals surface area contributed by atoms with Crippen LogP contribution in [0, 0.1) is 6.92 Å². The highest BCUT2D eigenvalue weighted by molar-refractivity contribution is 7.92. The Morgan fingerprint density at radius 3 is 1.94 bits per heavy atom. The molecule has 0 bridgehead atoms. The number of aliphatic hydroxyl groups is 1. The van der Waals surface area contributed by atoms with E-state index in [1.165, 1.54) is 51.4 Å². The number of unbranched alkanes of at least 4 members (excludes halogenated alkanes) is 11. The van der Waals surface area contributed by atoms with Gasteiger partial charge in [-0.2, -0.15) is 0 Å². The summed E-state index contributed by atoms with van der Waals surface area (Å²) in [4.78, 5) is 12.1. The summed E-state index contributed by atoms with van der Waals surface area (Å²) in [5, 5.41) is 18.6. The highest BCUT2D eigenvalue weighted by atomic mass is 32.2. The molecule has 32 heavy (non-hydrogen) atoms. The molecule has 2 N–H and O–H groups in total. The fourth-order valence-electron chi connectivity index (χ4n) is 3.79. The molecule has 0 aromatic heterocycles. The quantitative estimate of drug-likeness (QED) is 0.132. The fraction of sp³-hybridized carbons (Fsp3) is 0.667. The lowest BCUT2D eigenvalue weighted by Gasteiger charge is -2.22. The Morgan fingerprint density at radius 2 is 1.41 bits per heavy atom. The van der Waals surface area contributed by atoms with Crippen molar-refractivity contribution in [3.63, 3.8) is 0 Å². The summed E-state index contributed by atoms with van der Waals surface area (Å²) in [7, 11) is 0. The second-order valence-electron chi connectivity index (χ2n) is 8.81. The normalized spacial score (nSPS) is 14.5. The van der Waals surface area contributed by atoms with Gasteiger partial charge in [0, 0.05) is 11.2 Å². The predicted molar refractivity (Wildman–Crippen MR) is 134 cm³/mol. The minimum Gasteiger partial charge on any atom is -0.611 e. The van der Waals surface area contributed by atoms with E-state index in [4.69, 9.17) is 0 Å². The van der Waals surface area contributed by atoms with E-state index in [9.17, 15) is 19.6 Å². The third kappa shape index (κ3) is 12.7. The maximum atomic E-state index is 12.7. The number of carboxylic acid groups (broad SMARTS) is 1. The Labute approximate surface area is 198 Å². The highest BCUT2D eigenvalue weighted by Crippen LogP contribution is 2.22. The molecule has 3 atom stereocenters. The van der Waals surface area contributed by atoms with E-state index in [1.807, 2.05) is 19.1 Å². The van der Waals surface area contributed by atoms with E-state index in [-0.39, 0.29) is 0 Å². The minimum atomic E-state index is -1.76. The van der Waals surface area contributed by atoms with Gasteiger partial charge < -0.3 is 14.8 Å². The molecule has 0 amide bonds. The molecule has 0 saturated heterocycles. The topological polar surface area (TPSA) is 80.6 Å². The van der Waals surface area contributed by atoms with Gasteiger partial charge in [-0.1, -0.05) is 94.6 Å². The first kappa shape index (κ1) is 28.7. The molecule has 0 fully saturated rings. The van der Waals surface area contributed by atoms with Crippen molar-refractivity contribution in [2.24, 2.45) is 0 Å². The smallest absolute Gasteiger partial charge is 0.360 e. The molecule has 0 spiro atoms. The molecule has 2 unspecified atom stereocenters. The van der Waals surface area contributed by atoms with Crippen molar-refractivity contribution in [3.8, 4) is 0 Å². The molecular formula is C27H44O4S. The second-order valence-corrected chi connectivity index (χ2v) is 10.4. The summed E-state index contributed by atoms with van der Waals surface area (Å²) in [5.41, 5.74) is 1.02. The van der Waals surface area contributed by atoms with E-state index in [1.54, 1.807) is 12.1 Å². The summed E-state index contributed by atoms with van der Waals surface area (Å²) in [5.74, 6) is -1.20. The standard InChI is InChI=1S/C27H44O4S/c1-3-4-5-6-7-8-9-10-11-12-13-14-15-16-17-18-25(28)26(27(29)30)32(31)24-21-19-23(2)20-22-24/h10-11,19-22,25-26,28H,3-9,12-18H2,1-2H3,(H,29,30)/t25?,26?,32-/m0/s1. The Kier molecular flexibility index (Phi) is 16.3. The van der Waals surface area contributed by atoms with Crippen LogP contribution in [0.3, 0.4) is 0 Å². The Bertz CT molecular complexity index is 629. The number of hydrogen-bond donors (Lipinski definition) is 2. The number of carbonyl (C=O) groups is 1. The van der Waals surface area contributed by atoms with E-state index in [2.05, 4.69) is 19.1 Å². The van der Waals surface area contributed by atoms with E-state index in [0.29, 0.717) is 11.3 Å². The molecule has 0 heterocycles. The van der Waals surface area contributed by atoms with Crippen LogP contribution in [0.1, 0.15) is 102 Å². The average molecular weight is 465 g/mol. The third-order valence-corrected chi connectivity index (χ3v) is 7.55. The molecule has 0 aliphatic heterocycles. The first-order valence-corrected chi connectivity index (χ1v) is 13.7. The van der Waals surface area contributed by atoms with Crippen LogP contribution >= 0.6 is 0 Å². The number of carboxylic acids is 1. The molecule has 182 valence electrons. The number of aliphatic hydroxyl groups excluding tert-OH is 1. The van der Waals surface area contributed by atoms with Crippen LogP contribution in [-0.2, 0) is 16.0 Å². The SMILES string of the molecule is CCCCCCCCC=CCCCCCCCC(O)C(C(=O)O)[S@@+]([O-])c1ccc(C)cc1. The molecule has 1 aromatic carbocycles. The van der Waals surface area contributed by atoms with Gasteiger partial charge in [0.1, 0.15) is 6.10 Å². The van der Waals surface area contributed by atoms with Crippen LogP contribution in [0.25, 0.3) is 0 Å². The fourth-order valence-corrected chi connectivity index (χ4v) is 5.10. The van der Waals surface area contributed by atoms with Crippen molar-refractivity contribution in [2.75, 3.05) is 0 Å². The monoisotopic (exact) mass is 464 g/mol. The molecule has 0 saturated carbocycles. The van der Waals surface area contributed by atoms with Crippen LogP contribution < -0.4 is 0 Å². The van der Waals surface area contributed by atoms with Crippen molar-refractivity contribution in [1.29, 1.82) is 0 Å². The third-order valence-electron chi connectivity index (χ3n) is 5.84. The van der Waals surface area contributed by atoms with Gasteiger partial charge in [0.25, 0.3) is 0 Å². The summed E-state index contributed by atoms with van der Waals surface area (Å²) < 4.78 is 12.7. The number of aryl methyl sites for hydroxylation is 1. The van der Waals surface area contributed by atoms with Gasteiger partial charge in [0.2, 0.25) is 5.25 Å². The van der Waals surface area contributed by atoms with Crippen LogP contribution in [0.5, 0.6) is 0 Å². The first-order chi connectivity index (χ1) is 15.5. The zero-order valence-corrected chi connectivity index (χ0v) is 21.0. The Morgan fingerprint density at radius 1 is 0.906 bits per heavy atom. The van der Waals surface area contributed by atoms with Gasteiger partial charge in [0.05, 0.1) is 0 Å². The van der Waals surface area contributed by atoms with Crippen molar-refractivity contribution in [3.05, 3.63) is 42.0 Å². The van der Waals surface area contributed by atoms with Gasteiger partial charge in [0.15, 0.2) is 4.90 Å². The lowest BCUT2D eigenvalue weighted by Crippen LogP contribution is -2.41. The van der Waals surface area contributed by atoms with E-state index in [0.717, 1.165) is 37.7 Å². The van der Waals surface area contributed by atoms with Gasteiger partial charge in [-0.05, 0) is 51.2 Å². The summed E-state index contributed by atoms with van der Waals surface area (Å²) in [6.45, 7) is 4.17. The maximum Gasteiger partial charge on any atom is 0.360 e. The summed E-state index contributed by atoms with van der Waals surface area (Å²) in [6, 6.07) is 6.97. The highest BCUT2D eigenvalue weighted by Gasteiger charge is 2.38. The molecule has 4 nitrogen and oxygen atoms in total. The first-order valence-electron chi connectivity index (χ1n) is 12.5. The van der Waals surface area contributed by atoms with Crippen molar-refractivity contribution in [2.45, 2.75) is 120 Å².